The standard InChI is InChI=1S/C15H20O3/c1-17-14-9-8-11(10-15(14)18-2)12-6-4-3-5-7-13(12)16/h8-10,12H,3-7H2,1-2H3. The molecule has 0 heterocycles. The highest BCUT2D eigenvalue weighted by molar-refractivity contribution is 5.86. The van der Waals surface area contributed by atoms with Crippen LogP contribution in [0, 0.1) is 0 Å². The average Bonchev–Trinajstić information content (AvgIpc) is 2.62. The Labute approximate surface area is 108 Å². The molecule has 18 heavy (non-hydrogen) atoms. The van der Waals surface area contributed by atoms with Crippen LogP contribution in [0.15, 0.2) is 18.2 Å². The molecule has 1 aromatic carbocycles. The molecule has 0 radical (unpaired) electrons. The lowest BCUT2D eigenvalue weighted by Gasteiger charge is -2.16. The van der Waals surface area contributed by atoms with Gasteiger partial charge in [0.1, 0.15) is 5.78 Å². The molecule has 1 aromatic rings. The molecule has 3 nitrogen and oxygen atoms in total. The number of rotatable bonds is 3. The molecule has 0 aliphatic heterocycles. The van der Waals surface area contributed by atoms with Crippen molar-refractivity contribution in [3.8, 4) is 11.5 Å². The van der Waals surface area contributed by atoms with Crippen LogP contribution >= 0.6 is 0 Å². The summed E-state index contributed by atoms with van der Waals surface area (Å²) in [4.78, 5) is 12.1. The van der Waals surface area contributed by atoms with Crippen molar-refractivity contribution >= 4 is 5.78 Å². The van der Waals surface area contributed by atoms with Gasteiger partial charge < -0.3 is 9.47 Å². The van der Waals surface area contributed by atoms with Gasteiger partial charge in [-0.15, -0.1) is 0 Å². The molecule has 1 unspecified atom stereocenters. The quantitative estimate of drug-likeness (QED) is 0.770. The number of carbonyl (C=O) groups excluding carboxylic acids is 1. The van der Waals surface area contributed by atoms with Crippen LogP contribution in [-0.2, 0) is 4.79 Å². The van der Waals surface area contributed by atoms with Gasteiger partial charge >= 0.3 is 0 Å². The molecule has 3 heteroatoms. The first-order valence-corrected chi connectivity index (χ1v) is 6.51. The van der Waals surface area contributed by atoms with Crippen LogP contribution in [0.1, 0.15) is 43.6 Å². The second-order valence-electron chi connectivity index (χ2n) is 4.73. The summed E-state index contributed by atoms with van der Waals surface area (Å²) >= 11 is 0. The number of ether oxygens (including phenoxy) is 2. The Balaban J connectivity index is 2.28. The van der Waals surface area contributed by atoms with E-state index in [-0.39, 0.29) is 5.92 Å². The van der Waals surface area contributed by atoms with Gasteiger partial charge in [-0.25, -0.2) is 0 Å². The van der Waals surface area contributed by atoms with Crippen molar-refractivity contribution in [1.29, 1.82) is 0 Å². The van der Waals surface area contributed by atoms with E-state index in [9.17, 15) is 4.79 Å². The first kappa shape index (κ1) is 12.9. The van der Waals surface area contributed by atoms with Crippen LogP contribution in [0.2, 0.25) is 0 Å². The van der Waals surface area contributed by atoms with Crippen molar-refractivity contribution in [2.75, 3.05) is 14.2 Å². The summed E-state index contributed by atoms with van der Waals surface area (Å²) in [6.45, 7) is 0. The molecule has 1 aliphatic carbocycles. The Kier molecular flexibility index (Phi) is 4.24. The van der Waals surface area contributed by atoms with Crippen LogP contribution < -0.4 is 9.47 Å². The number of Topliss-reactive ketones (excluding diaryl/α,β-unsaturated/α-hetero) is 1. The van der Waals surface area contributed by atoms with Crippen molar-refractivity contribution in [2.24, 2.45) is 0 Å². The van der Waals surface area contributed by atoms with E-state index in [4.69, 9.17) is 9.47 Å². The van der Waals surface area contributed by atoms with Crippen LogP contribution in [0.3, 0.4) is 0 Å². The normalized spacial score (nSPS) is 20.3. The Bertz CT molecular complexity index is 426. The van der Waals surface area contributed by atoms with Crippen molar-refractivity contribution in [2.45, 2.75) is 38.0 Å². The summed E-state index contributed by atoms with van der Waals surface area (Å²) in [5.74, 6) is 1.81. The van der Waals surface area contributed by atoms with Crippen molar-refractivity contribution < 1.29 is 14.3 Å². The van der Waals surface area contributed by atoms with E-state index in [1.54, 1.807) is 14.2 Å². The van der Waals surface area contributed by atoms with E-state index >= 15 is 0 Å². The Morgan fingerprint density at radius 2 is 1.83 bits per heavy atom. The fraction of sp³-hybridized carbons (Fsp3) is 0.533. The van der Waals surface area contributed by atoms with Gasteiger partial charge in [-0.05, 0) is 30.5 Å². The first-order chi connectivity index (χ1) is 8.76. The monoisotopic (exact) mass is 248 g/mol. The maximum absolute atomic E-state index is 12.1. The lowest BCUT2D eigenvalue weighted by atomic mass is 9.90. The lowest BCUT2D eigenvalue weighted by Crippen LogP contribution is -2.10. The summed E-state index contributed by atoms with van der Waals surface area (Å²) in [5, 5.41) is 0. The maximum Gasteiger partial charge on any atom is 0.161 e. The van der Waals surface area contributed by atoms with Gasteiger partial charge in [0.15, 0.2) is 11.5 Å². The number of methoxy groups -OCH3 is 2. The molecule has 0 saturated heterocycles. The molecule has 1 saturated carbocycles. The third-order valence-electron chi connectivity index (χ3n) is 3.61. The SMILES string of the molecule is COc1ccc(C2CCCCCC2=O)cc1OC. The Morgan fingerprint density at radius 3 is 2.56 bits per heavy atom. The smallest absolute Gasteiger partial charge is 0.161 e. The zero-order valence-corrected chi connectivity index (χ0v) is 11.1. The molecule has 0 N–H and O–H groups in total. The van der Waals surface area contributed by atoms with Gasteiger partial charge in [-0.1, -0.05) is 18.9 Å². The predicted molar refractivity (Wildman–Crippen MR) is 70.4 cm³/mol. The molecule has 1 atom stereocenters. The Morgan fingerprint density at radius 1 is 1.06 bits per heavy atom. The van der Waals surface area contributed by atoms with Gasteiger partial charge in [0, 0.05) is 12.3 Å². The fourth-order valence-electron chi connectivity index (χ4n) is 2.58. The second kappa shape index (κ2) is 5.89. The van der Waals surface area contributed by atoms with Crippen molar-refractivity contribution in [3.05, 3.63) is 23.8 Å². The fourth-order valence-corrected chi connectivity index (χ4v) is 2.58. The van der Waals surface area contributed by atoms with Gasteiger partial charge in [-0.2, -0.15) is 0 Å². The summed E-state index contributed by atoms with van der Waals surface area (Å²) in [5.41, 5.74) is 1.06. The van der Waals surface area contributed by atoms with E-state index in [0.717, 1.165) is 31.2 Å². The van der Waals surface area contributed by atoms with Gasteiger partial charge in [0.25, 0.3) is 0 Å². The summed E-state index contributed by atoms with van der Waals surface area (Å²) in [7, 11) is 3.24. The third-order valence-corrected chi connectivity index (χ3v) is 3.61. The molecular formula is C15H20O3. The van der Waals surface area contributed by atoms with Gasteiger partial charge in [0.05, 0.1) is 14.2 Å². The molecule has 2 rings (SSSR count). The lowest BCUT2D eigenvalue weighted by molar-refractivity contribution is -0.120. The summed E-state index contributed by atoms with van der Waals surface area (Å²) in [6.07, 6.45) is 4.98. The van der Waals surface area contributed by atoms with E-state index in [1.165, 1.54) is 0 Å². The van der Waals surface area contributed by atoms with Crippen LogP contribution in [0.5, 0.6) is 11.5 Å². The van der Waals surface area contributed by atoms with Gasteiger partial charge in [0.2, 0.25) is 0 Å². The second-order valence-corrected chi connectivity index (χ2v) is 4.73. The van der Waals surface area contributed by atoms with Crippen LogP contribution in [0.25, 0.3) is 0 Å². The molecule has 1 fully saturated rings. The molecule has 98 valence electrons. The number of carbonyl (C=O) groups is 1. The number of hydrogen-bond donors (Lipinski definition) is 0. The average molecular weight is 248 g/mol. The highest BCUT2D eigenvalue weighted by Crippen LogP contribution is 2.34. The van der Waals surface area contributed by atoms with Crippen molar-refractivity contribution in [3.63, 3.8) is 0 Å². The number of hydrogen-bond acceptors (Lipinski definition) is 3. The summed E-state index contributed by atoms with van der Waals surface area (Å²) < 4.78 is 10.5. The molecule has 0 spiro atoms. The van der Waals surface area contributed by atoms with Gasteiger partial charge in [-0.3, -0.25) is 4.79 Å². The topological polar surface area (TPSA) is 35.5 Å². The molecular weight excluding hydrogens is 228 g/mol. The minimum Gasteiger partial charge on any atom is -0.493 e. The van der Waals surface area contributed by atoms with E-state index < -0.39 is 0 Å². The minimum absolute atomic E-state index is 0.0345. The van der Waals surface area contributed by atoms with E-state index in [2.05, 4.69) is 0 Å². The number of ketones is 1. The minimum atomic E-state index is 0.0345. The summed E-state index contributed by atoms with van der Waals surface area (Å²) in [6, 6.07) is 5.80. The molecule has 0 amide bonds. The first-order valence-electron chi connectivity index (χ1n) is 6.51. The Hall–Kier alpha value is -1.51. The predicted octanol–water partition coefficient (Wildman–Crippen LogP) is 3.32. The maximum atomic E-state index is 12.1. The van der Waals surface area contributed by atoms with E-state index in [0.29, 0.717) is 23.7 Å². The molecule has 0 aromatic heterocycles. The zero-order valence-electron chi connectivity index (χ0n) is 11.1. The van der Waals surface area contributed by atoms with Crippen LogP contribution in [-0.4, -0.2) is 20.0 Å². The largest absolute Gasteiger partial charge is 0.493 e. The van der Waals surface area contributed by atoms with Crippen LogP contribution in [0.4, 0.5) is 0 Å². The zero-order chi connectivity index (χ0) is 13.0. The number of benzene rings is 1. The third kappa shape index (κ3) is 2.66. The highest BCUT2D eigenvalue weighted by Gasteiger charge is 2.23. The highest BCUT2D eigenvalue weighted by atomic mass is 16.5. The van der Waals surface area contributed by atoms with Crippen molar-refractivity contribution in [1.82, 2.24) is 0 Å². The molecule has 1 aliphatic rings. The molecule has 0 bridgehead atoms. The van der Waals surface area contributed by atoms with E-state index in [1.807, 2.05) is 18.2 Å².